The molecule has 1 aliphatic rings. The van der Waals surface area contributed by atoms with Crippen molar-refractivity contribution in [1.29, 1.82) is 0 Å². The number of fused-ring (bicyclic) bond motifs is 1. The molecule has 0 bridgehead atoms. The number of carbonyl (C=O) groups excluding carboxylic acids is 2. The minimum absolute atomic E-state index is 0.00104. The van der Waals surface area contributed by atoms with E-state index in [9.17, 15) is 9.59 Å². The smallest absolute Gasteiger partial charge is 0.246 e. The molecule has 6 nitrogen and oxygen atoms in total. The van der Waals surface area contributed by atoms with E-state index >= 15 is 0 Å². The maximum Gasteiger partial charge on any atom is 0.246 e. The van der Waals surface area contributed by atoms with Crippen molar-refractivity contribution in [1.82, 2.24) is 15.1 Å². The second kappa shape index (κ2) is 9.39. The first-order valence-electron chi connectivity index (χ1n) is 10.4. The van der Waals surface area contributed by atoms with Crippen LogP contribution in [-0.2, 0) is 41.9 Å². The van der Waals surface area contributed by atoms with Crippen LogP contribution in [0.3, 0.4) is 0 Å². The highest BCUT2D eigenvalue weighted by Gasteiger charge is 2.11. The van der Waals surface area contributed by atoms with Crippen molar-refractivity contribution in [2.24, 2.45) is 0 Å². The lowest BCUT2D eigenvalue weighted by molar-refractivity contribution is -0.120. The first-order valence-corrected chi connectivity index (χ1v) is 10.4. The Morgan fingerprint density at radius 1 is 0.933 bits per heavy atom. The van der Waals surface area contributed by atoms with E-state index in [1.54, 1.807) is 23.1 Å². The van der Waals surface area contributed by atoms with Gasteiger partial charge >= 0.3 is 0 Å². The molecule has 1 aromatic heterocycles. The van der Waals surface area contributed by atoms with Crippen LogP contribution in [0, 0.1) is 0 Å². The summed E-state index contributed by atoms with van der Waals surface area (Å²) in [6.07, 6.45) is 8.52. The lowest BCUT2D eigenvalue weighted by atomic mass is 9.90. The fraction of sp³-hybridized carbons (Fsp3) is 0.292. The van der Waals surface area contributed by atoms with E-state index in [0.29, 0.717) is 18.7 Å². The predicted octanol–water partition coefficient (Wildman–Crippen LogP) is 3.26. The third-order valence-corrected chi connectivity index (χ3v) is 5.34. The van der Waals surface area contributed by atoms with Crippen LogP contribution in [0.2, 0.25) is 0 Å². The molecule has 0 saturated heterocycles. The molecule has 2 amide bonds. The van der Waals surface area contributed by atoms with Crippen molar-refractivity contribution < 1.29 is 9.59 Å². The van der Waals surface area contributed by atoms with Gasteiger partial charge in [-0.15, -0.1) is 0 Å². The zero-order chi connectivity index (χ0) is 20.8. The van der Waals surface area contributed by atoms with Crippen molar-refractivity contribution in [3.63, 3.8) is 0 Å². The van der Waals surface area contributed by atoms with E-state index < -0.39 is 0 Å². The Kier molecular flexibility index (Phi) is 6.23. The third-order valence-electron chi connectivity index (χ3n) is 5.34. The van der Waals surface area contributed by atoms with Crippen LogP contribution in [0.25, 0.3) is 0 Å². The van der Waals surface area contributed by atoms with Gasteiger partial charge in [-0.3, -0.25) is 14.3 Å². The number of aromatic nitrogens is 2. The normalized spacial score (nSPS) is 12.8. The number of nitrogens with zero attached hydrogens (tertiary/aromatic N) is 2. The molecule has 1 aliphatic carbocycles. The maximum absolute atomic E-state index is 12.4. The Hall–Kier alpha value is -3.41. The number of amides is 2. The Bertz CT molecular complexity index is 1030. The van der Waals surface area contributed by atoms with Gasteiger partial charge in [0, 0.05) is 24.6 Å². The maximum atomic E-state index is 12.4. The molecule has 0 aliphatic heterocycles. The summed E-state index contributed by atoms with van der Waals surface area (Å²) in [5.41, 5.74) is 5.52. The average molecular weight is 402 g/mol. The van der Waals surface area contributed by atoms with Crippen molar-refractivity contribution in [3.8, 4) is 0 Å². The lowest BCUT2D eigenvalue weighted by Crippen LogP contribution is -2.25. The molecule has 0 unspecified atom stereocenters. The van der Waals surface area contributed by atoms with E-state index in [1.807, 2.05) is 24.3 Å². The van der Waals surface area contributed by atoms with Crippen molar-refractivity contribution in [3.05, 3.63) is 83.2 Å². The summed E-state index contributed by atoms with van der Waals surface area (Å²) < 4.78 is 1.57. The van der Waals surface area contributed by atoms with Crippen LogP contribution in [0.5, 0.6) is 0 Å². The molecule has 2 N–H and O–H groups in total. The summed E-state index contributed by atoms with van der Waals surface area (Å²) >= 11 is 0. The van der Waals surface area contributed by atoms with Crippen molar-refractivity contribution in [2.45, 2.75) is 45.2 Å². The van der Waals surface area contributed by atoms with Gasteiger partial charge in [0.15, 0.2) is 0 Å². The molecule has 0 saturated carbocycles. The number of anilines is 1. The molecular weight excluding hydrogens is 376 g/mol. The Morgan fingerprint density at radius 2 is 1.80 bits per heavy atom. The SMILES string of the molecule is O=C(Cc1ccc2c(c1)CCCC2)NCc1cccc(NC(=O)Cn2cccn2)c1. The summed E-state index contributed by atoms with van der Waals surface area (Å²) in [6, 6.07) is 15.7. The van der Waals surface area contributed by atoms with Crippen LogP contribution in [0.15, 0.2) is 60.9 Å². The molecule has 154 valence electrons. The highest BCUT2D eigenvalue weighted by atomic mass is 16.2. The summed E-state index contributed by atoms with van der Waals surface area (Å²) in [5.74, 6) is -0.147. The average Bonchev–Trinajstić information content (AvgIpc) is 3.25. The van der Waals surface area contributed by atoms with Crippen LogP contribution < -0.4 is 10.6 Å². The molecule has 0 radical (unpaired) electrons. The molecule has 4 rings (SSSR count). The number of carbonyl (C=O) groups is 2. The first-order chi connectivity index (χ1) is 14.7. The molecule has 3 aromatic rings. The summed E-state index contributed by atoms with van der Waals surface area (Å²) in [5, 5.41) is 9.87. The molecular formula is C24H26N4O2. The number of hydrogen-bond acceptors (Lipinski definition) is 3. The quantitative estimate of drug-likeness (QED) is 0.637. The molecule has 0 atom stereocenters. The fourth-order valence-electron chi connectivity index (χ4n) is 3.85. The number of nitrogens with one attached hydrogen (secondary N) is 2. The van der Waals surface area contributed by atoms with Gasteiger partial charge in [0.2, 0.25) is 11.8 Å². The number of hydrogen-bond donors (Lipinski definition) is 2. The van der Waals surface area contributed by atoms with E-state index in [1.165, 1.54) is 24.0 Å². The van der Waals surface area contributed by atoms with Crippen LogP contribution in [0.4, 0.5) is 5.69 Å². The highest BCUT2D eigenvalue weighted by Crippen LogP contribution is 2.22. The van der Waals surface area contributed by atoms with Gasteiger partial charge in [0.1, 0.15) is 6.54 Å². The number of benzene rings is 2. The van der Waals surface area contributed by atoms with Gasteiger partial charge in [0.05, 0.1) is 6.42 Å². The molecule has 1 heterocycles. The Morgan fingerprint density at radius 3 is 2.63 bits per heavy atom. The monoisotopic (exact) mass is 402 g/mol. The standard InChI is InChI=1S/C24H26N4O2/c29-23(15-18-9-10-20-6-1-2-7-21(20)13-18)25-16-19-5-3-8-22(14-19)27-24(30)17-28-12-4-11-26-28/h3-5,8-14H,1-2,6-7,15-17H2,(H,25,29)(H,27,30). The lowest BCUT2D eigenvalue weighted by Gasteiger charge is -2.16. The van der Waals surface area contributed by atoms with Gasteiger partial charge in [-0.05, 0) is 66.1 Å². The van der Waals surface area contributed by atoms with E-state index in [-0.39, 0.29) is 18.4 Å². The van der Waals surface area contributed by atoms with Gasteiger partial charge < -0.3 is 10.6 Å². The van der Waals surface area contributed by atoms with Gasteiger partial charge in [0.25, 0.3) is 0 Å². The van der Waals surface area contributed by atoms with E-state index in [2.05, 4.69) is 33.9 Å². The minimum Gasteiger partial charge on any atom is -0.352 e. The van der Waals surface area contributed by atoms with Crippen LogP contribution >= 0.6 is 0 Å². The fourth-order valence-corrected chi connectivity index (χ4v) is 3.85. The van der Waals surface area contributed by atoms with E-state index in [4.69, 9.17) is 0 Å². The van der Waals surface area contributed by atoms with Gasteiger partial charge in [-0.2, -0.15) is 5.10 Å². The van der Waals surface area contributed by atoms with Gasteiger partial charge in [-0.25, -0.2) is 0 Å². The summed E-state index contributed by atoms with van der Waals surface area (Å²) in [4.78, 5) is 24.5. The van der Waals surface area contributed by atoms with Crippen molar-refractivity contribution >= 4 is 17.5 Å². The van der Waals surface area contributed by atoms with E-state index in [0.717, 1.165) is 24.0 Å². The largest absolute Gasteiger partial charge is 0.352 e. The number of aryl methyl sites for hydroxylation is 2. The predicted molar refractivity (Wildman–Crippen MR) is 116 cm³/mol. The zero-order valence-corrected chi connectivity index (χ0v) is 16.9. The second-order valence-electron chi connectivity index (χ2n) is 7.72. The molecule has 2 aromatic carbocycles. The Labute approximate surface area is 176 Å². The molecule has 0 spiro atoms. The highest BCUT2D eigenvalue weighted by molar-refractivity contribution is 5.90. The summed E-state index contributed by atoms with van der Waals surface area (Å²) in [7, 11) is 0. The minimum atomic E-state index is -0.146. The second-order valence-corrected chi connectivity index (χ2v) is 7.72. The third kappa shape index (κ3) is 5.35. The molecule has 6 heteroatoms. The van der Waals surface area contributed by atoms with Crippen molar-refractivity contribution in [2.75, 3.05) is 5.32 Å². The zero-order valence-electron chi connectivity index (χ0n) is 16.9. The number of rotatable bonds is 7. The summed E-state index contributed by atoms with van der Waals surface area (Å²) in [6.45, 7) is 0.585. The van der Waals surface area contributed by atoms with Gasteiger partial charge in [-0.1, -0.05) is 30.3 Å². The molecule has 30 heavy (non-hydrogen) atoms. The Balaban J connectivity index is 1.28. The first kappa shape index (κ1) is 19.9. The molecule has 0 fully saturated rings. The van der Waals surface area contributed by atoms with Crippen LogP contribution in [0.1, 0.15) is 35.1 Å². The topological polar surface area (TPSA) is 76.0 Å². The van der Waals surface area contributed by atoms with Crippen LogP contribution in [-0.4, -0.2) is 21.6 Å².